The summed E-state index contributed by atoms with van der Waals surface area (Å²) in [6.45, 7) is 1.54. The molecule has 1 aromatic heterocycles. The van der Waals surface area contributed by atoms with Crippen LogP contribution in [0.1, 0.15) is 23.2 Å². The lowest BCUT2D eigenvalue weighted by molar-refractivity contribution is -0.145. The third-order valence-electron chi connectivity index (χ3n) is 4.61. The van der Waals surface area contributed by atoms with E-state index < -0.39 is 35.3 Å². The van der Waals surface area contributed by atoms with Crippen molar-refractivity contribution in [1.82, 2.24) is 14.8 Å². The van der Waals surface area contributed by atoms with Gasteiger partial charge in [-0.1, -0.05) is 48.6 Å². The van der Waals surface area contributed by atoms with Gasteiger partial charge in [0, 0.05) is 19.7 Å². The fraction of sp³-hybridized carbons (Fsp3) is 0.368. The van der Waals surface area contributed by atoms with E-state index in [4.69, 9.17) is 0 Å². The zero-order valence-corrected chi connectivity index (χ0v) is 17.2. The highest BCUT2D eigenvalue weighted by Gasteiger charge is 2.45. The predicted octanol–water partition coefficient (Wildman–Crippen LogP) is 4.84. The number of carbonyl (C=O) groups excluding carboxylic acids is 1. The van der Waals surface area contributed by atoms with Crippen LogP contribution >= 0.6 is 11.3 Å². The lowest BCUT2D eigenvalue weighted by Gasteiger charge is -2.43. The molecule has 1 N–H and O–H groups in total. The summed E-state index contributed by atoms with van der Waals surface area (Å²) in [5, 5.41) is 1.54. The Hall–Kier alpha value is -2.76. The first-order valence-corrected chi connectivity index (χ1v) is 9.93. The molecule has 12 heteroatoms. The molecule has 0 fully saturated rings. The van der Waals surface area contributed by atoms with Gasteiger partial charge in [-0.25, -0.2) is 4.98 Å². The van der Waals surface area contributed by atoms with E-state index in [-0.39, 0.29) is 23.7 Å². The molecule has 1 unspecified atom stereocenters. The normalized spacial score (nSPS) is 17.7. The number of aromatic nitrogens is 1. The maximum absolute atomic E-state index is 13.5. The average molecular weight is 464 g/mol. The van der Waals surface area contributed by atoms with Gasteiger partial charge in [0.2, 0.25) is 0 Å². The van der Waals surface area contributed by atoms with Crippen molar-refractivity contribution in [3.05, 3.63) is 58.4 Å². The largest absolute Gasteiger partial charge is 0.443 e. The number of hydrogen-bond acceptors (Lipinski definition) is 5. The summed E-state index contributed by atoms with van der Waals surface area (Å²) >= 11 is 0.292. The van der Waals surface area contributed by atoms with Crippen LogP contribution in [0.2, 0.25) is 0 Å². The maximum Gasteiger partial charge on any atom is 0.443 e. The Bertz CT molecular complexity index is 970. The van der Waals surface area contributed by atoms with E-state index >= 15 is 0 Å². The number of allylic oxidation sites excluding steroid dienone is 1. The number of nitrogens with zero attached hydrogens (tertiary/aromatic N) is 3. The highest BCUT2D eigenvalue weighted by Crippen LogP contribution is 2.39. The molecule has 0 bridgehead atoms. The molecule has 0 radical (unpaired) electrons. The Morgan fingerprint density at radius 1 is 1.10 bits per heavy atom. The van der Waals surface area contributed by atoms with Crippen molar-refractivity contribution in [2.75, 3.05) is 12.4 Å². The zero-order chi connectivity index (χ0) is 23.0. The molecule has 3 rings (SSSR count). The van der Waals surface area contributed by atoms with Crippen molar-refractivity contribution in [2.45, 2.75) is 38.5 Å². The van der Waals surface area contributed by atoms with Crippen molar-refractivity contribution in [1.29, 1.82) is 0 Å². The number of alkyl halides is 6. The van der Waals surface area contributed by atoms with Crippen LogP contribution in [0.4, 0.5) is 31.3 Å². The summed E-state index contributed by atoms with van der Waals surface area (Å²) in [5.41, 5.74) is -0.491. The van der Waals surface area contributed by atoms with Crippen LogP contribution < -0.4 is 5.32 Å². The van der Waals surface area contributed by atoms with Crippen LogP contribution in [0.5, 0.6) is 0 Å². The molecule has 2 aromatic rings. The van der Waals surface area contributed by atoms with Gasteiger partial charge < -0.3 is 10.2 Å². The van der Waals surface area contributed by atoms with E-state index in [9.17, 15) is 31.1 Å². The monoisotopic (exact) mass is 464 g/mol. The first-order valence-electron chi connectivity index (χ1n) is 9.11. The van der Waals surface area contributed by atoms with Crippen molar-refractivity contribution < 1.29 is 31.1 Å². The second-order valence-electron chi connectivity index (χ2n) is 6.75. The van der Waals surface area contributed by atoms with Gasteiger partial charge in [-0.3, -0.25) is 9.69 Å². The summed E-state index contributed by atoms with van der Waals surface area (Å²) in [5.74, 6) is -0.912. The SMILES string of the molecule is CCc1nc(C(F)(F)F)sc1NC1N(C)C(C(F)(F)F)=CC(=O)N1Cc1ccccc1. The third kappa shape index (κ3) is 4.94. The summed E-state index contributed by atoms with van der Waals surface area (Å²) in [7, 11) is 1.12. The number of amides is 1. The number of aryl methyl sites for hydroxylation is 1. The molecule has 0 saturated heterocycles. The fourth-order valence-electron chi connectivity index (χ4n) is 3.11. The Kier molecular flexibility index (Phi) is 6.21. The minimum Gasteiger partial charge on any atom is -0.338 e. The van der Waals surface area contributed by atoms with Crippen molar-refractivity contribution >= 4 is 22.2 Å². The predicted molar refractivity (Wildman–Crippen MR) is 103 cm³/mol. The van der Waals surface area contributed by atoms with Gasteiger partial charge in [0.25, 0.3) is 5.91 Å². The minimum absolute atomic E-state index is 0.0408. The number of thiazole rings is 1. The molecule has 168 valence electrons. The first kappa shape index (κ1) is 22.9. The van der Waals surface area contributed by atoms with Crippen molar-refractivity contribution in [3.63, 3.8) is 0 Å². The molecule has 2 heterocycles. The standard InChI is InChI=1S/C19H18F6N4OS/c1-3-12-15(31-16(26-12)19(23,24)25)27-17-28(2)13(18(20,21)22)9-14(30)29(17)10-11-7-5-4-6-8-11/h4-9,17,27H,3,10H2,1-2H3. The molecular formula is C19H18F6N4OS. The highest BCUT2D eigenvalue weighted by molar-refractivity contribution is 7.16. The van der Waals surface area contributed by atoms with Crippen LogP contribution in [0, 0.1) is 0 Å². The molecular weight excluding hydrogens is 446 g/mol. The van der Waals surface area contributed by atoms with Crippen LogP contribution in [0.25, 0.3) is 0 Å². The Morgan fingerprint density at radius 3 is 2.29 bits per heavy atom. The molecule has 0 aliphatic carbocycles. The number of nitrogens with one attached hydrogen (secondary N) is 1. The zero-order valence-electron chi connectivity index (χ0n) is 16.4. The molecule has 31 heavy (non-hydrogen) atoms. The molecule has 1 aromatic carbocycles. The first-order chi connectivity index (χ1) is 14.4. The Balaban J connectivity index is 2.01. The minimum atomic E-state index is -4.82. The quantitative estimate of drug-likeness (QED) is 0.644. The molecule has 1 aliphatic rings. The van der Waals surface area contributed by atoms with Gasteiger partial charge in [0.15, 0.2) is 11.3 Å². The fourth-order valence-corrected chi connectivity index (χ4v) is 4.04. The molecule has 1 atom stereocenters. The molecule has 0 spiro atoms. The van der Waals surface area contributed by atoms with Crippen molar-refractivity contribution in [3.8, 4) is 0 Å². The van der Waals surface area contributed by atoms with E-state index in [0.717, 1.165) is 16.8 Å². The topological polar surface area (TPSA) is 48.5 Å². The van der Waals surface area contributed by atoms with Gasteiger partial charge in [-0.15, -0.1) is 0 Å². The van der Waals surface area contributed by atoms with Gasteiger partial charge in [0.05, 0.1) is 5.69 Å². The molecule has 0 saturated carbocycles. The summed E-state index contributed by atoms with van der Waals surface area (Å²) in [4.78, 5) is 18.1. The number of rotatable bonds is 5. The van der Waals surface area contributed by atoms with Crippen molar-refractivity contribution in [2.24, 2.45) is 0 Å². The summed E-state index contributed by atoms with van der Waals surface area (Å²) in [6.07, 6.45) is -10.3. The van der Waals surface area contributed by atoms with E-state index in [0.29, 0.717) is 23.0 Å². The van der Waals surface area contributed by atoms with Gasteiger partial charge >= 0.3 is 12.4 Å². The van der Waals surface area contributed by atoms with Crippen LogP contribution in [0.15, 0.2) is 42.1 Å². The molecule has 5 nitrogen and oxygen atoms in total. The molecule has 1 aliphatic heterocycles. The number of halogens is 6. The average Bonchev–Trinajstić information content (AvgIpc) is 3.10. The lowest BCUT2D eigenvalue weighted by Crippen LogP contribution is -2.57. The van der Waals surface area contributed by atoms with E-state index in [2.05, 4.69) is 10.3 Å². The lowest BCUT2D eigenvalue weighted by atomic mass is 10.1. The van der Waals surface area contributed by atoms with Crippen LogP contribution in [-0.4, -0.2) is 40.2 Å². The van der Waals surface area contributed by atoms with E-state index in [1.807, 2.05) is 0 Å². The second-order valence-corrected chi connectivity index (χ2v) is 7.75. The summed E-state index contributed by atoms with van der Waals surface area (Å²) in [6, 6.07) is 8.55. The number of anilines is 1. The third-order valence-corrected chi connectivity index (χ3v) is 5.68. The van der Waals surface area contributed by atoms with E-state index in [1.165, 1.54) is 0 Å². The van der Waals surface area contributed by atoms with E-state index in [1.54, 1.807) is 37.3 Å². The van der Waals surface area contributed by atoms with Gasteiger partial charge in [-0.2, -0.15) is 26.3 Å². The number of carbonyl (C=O) groups is 1. The number of hydrogen-bond donors (Lipinski definition) is 1. The molecule has 1 amide bonds. The van der Waals surface area contributed by atoms with Crippen LogP contribution in [0.3, 0.4) is 0 Å². The second kappa shape index (κ2) is 8.40. The van der Waals surface area contributed by atoms with Gasteiger partial charge in [0.1, 0.15) is 10.7 Å². The van der Waals surface area contributed by atoms with Gasteiger partial charge in [-0.05, 0) is 12.0 Å². The Labute approximate surface area is 178 Å². The smallest absolute Gasteiger partial charge is 0.338 e. The number of benzene rings is 1. The summed E-state index contributed by atoms with van der Waals surface area (Å²) < 4.78 is 79.7. The van der Waals surface area contributed by atoms with Crippen LogP contribution in [-0.2, 0) is 23.9 Å². The highest BCUT2D eigenvalue weighted by atomic mass is 32.1. The maximum atomic E-state index is 13.5. The Morgan fingerprint density at radius 2 is 1.74 bits per heavy atom.